The molecule has 0 fully saturated rings. The summed E-state index contributed by atoms with van der Waals surface area (Å²) in [5.41, 5.74) is 0. The first kappa shape index (κ1) is 10.9. The van der Waals surface area contributed by atoms with Gasteiger partial charge in [-0.2, -0.15) is 5.10 Å². The van der Waals surface area contributed by atoms with Gasteiger partial charge in [-0.15, -0.1) is 0 Å². The average Bonchev–Trinajstić information content (AvgIpc) is 2.89. The lowest BCUT2D eigenvalue weighted by Crippen LogP contribution is -2.26. The van der Waals surface area contributed by atoms with Gasteiger partial charge in [-0.3, -0.25) is 9.48 Å². The molecule has 0 bridgehead atoms. The van der Waals surface area contributed by atoms with Crippen molar-refractivity contribution < 1.29 is 9.21 Å². The minimum Gasteiger partial charge on any atom is -0.459 e. The zero-order chi connectivity index (χ0) is 11.4. The number of nitrogens with one attached hydrogen (secondary N) is 1. The summed E-state index contributed by atoms with van der Waals surface area (Å²) in [6.45, 7) is 1.13. The summed E-state index contributed by atoms with van der Waals surface area (Å²) in [5.74, 6) is 0.109. The number of furan rings is 1. The first-order chi connectivity index (χ1) is 7.75. The molecule has 84 valence electrons. The fourth-order valence-electron chi connectivity index (χ4n) is 1.24. The Morgan fingerprint density at radius 1 is 1.62 bits per heavy atom. The first-order valence-corrected chi connectivity index (χ1v) is 5.54. The van der Waals surface area contributed by atoms with Crippen LogP contribution in [0.5, 0.6) is 0 Å². The average molecular weight is 284 g/mol. The highest BCUT2D eigenvalue weighted by Gasteiger charge is 2.06. The zero-order valence-electron chi connectivity index (χ0n) is 8.39. The summed E-state index contributed by atoms with van der Waals surface area (Å²) in [7, 11) is 0. The Balaban J connectivity index is 1.78. The van der Waals surface area contributed by atoms with Crippen LogP contribution in [-0.4, -0.2) is 22.2 Å². The second-order valence-corrected chi connectivity index (χ2v) is 4.07. The Labute approximate surface area is 101 Å². The minimum atomic E-state index is -0.212. The van der Waals surface area contributed by atoms with Crippen LogP contribution < -0.4 is 5.32 Å². The third-order valence-corrected chi connectivity index (χ3v) is 2.38. The topological polar surface area (TPSA) is 60.1 Å². The number of hydrogen-bond donors (Lipinski definition) is 1. The van der Waals surface area contributed by atoms with Gasteiger partial charge >= 0.3 is 0 Å². The maximum absolute atomic E-state index is 11.5. The lowest BCUT2D eigenvalue weighted by molar-refractivity contribution is 0.0924. The highest BCUT2D eigenvalue weighted by molar-refractivity contribution is 9.10. The SMILES string of the molecule is O=C(NCCn1cc(Br)cn1)c1ccco1. The number of rotatable bonds is 4. The zero-order valence-corrected chi connectivity index (χ0v) is 9.98. The fourth-order valence-corrected chi connectivity index (χ4v) is 1.57. The molecule has 0 atom stereocenters. The largest absolute Gasteiger partial charge is 0.459 e. The third-order valence-electron chi connectivity index (χ3n) is 1.97. The van der Waals surface area contributed by atoms with E-state index in [2.05, 4.69) is 26.3 Å². The van der Waals surface area contributed by atoms with E-state index in [-0.39, 0.29) is 5.91 Å². The predicted molar refractivity (Wildman–Crippen MR) is 61.0 cm³/mol. The van der Waals surface area contributed by atoms with Crippen LogP contribution >= 0.6 is 15.9 Å². The van der Waals surface area contributed by atoms with E-state index in [1.54, 1.807) is 23.0 Å². The van der Waals surface area contributed by atoms with Crippen molar-refractivity contribution in [2.24, 2.45) is 0 Å². The molecule has 0 aliphatic heterocycles. The lowest BCUT2D eigenvalue weighted by atomic mass is 10.4. The van der Waals surface area contributed by atoms with Gasteiger partial charge in [0.2, 0.25) is 0 Å². The molecule has 16 heavy (non-hydrogen) atoms. The van der Waals surface area contributed by atoms with Crippen molar-refractivity contribution in [2.75, 3.05) is 6.54 Å². The molecule has 6 heteroatoms. The molecule has 1 amide bonds. The van der Waals surface area contributed by atoms with E-state index in [4.69, 9.17) is 4.42 Å². The van der Waals surface area contributed by atoms with Gasteiger partial charge in [0.15, 0.2) is 5.76 Å². The van der Waals surface area contributed by atoms with Crippen LogP contribution in [0.3, 0.4) is 0 Å². The molecule has 0 spiro atoms. The summed E-state index contributed by atoms with van der Waals surface area (Å²) >= 11 is 3.30. The van der Waals surface area contributed by atoms with E-state index in [1.807, 2.05) is 6.20 Å². The quantitative estimate of drug-likeness (QED) is 0.929. The van der Waals surface area contributed by atoms with E-state index in [0.717, 1.165) is 4.47 Å². The van der Waals surface area contributed by atoms with Crippen LogP contribution in [0.4, 0.5) is 0 Å². The highest BCUT2D eigenvalue weighted by Crippen LogP contribution is 2.05. The van der Waals surface area contributed by atoms with Crippen molar-refractivity contribution in [3.8, 4) is 0 Å². The minimum absolute atomic E-state index is 0.212. The van der Waals surface area contributed by atoms with Crippen molar-refractivity contribution in [1.29, 1.82) is 0 Å². The molecule has 0 aliphatic carbocycles. The maximum Gasteiger partial charge on any atom is 0.287 e. The Morgan fingerprint density at radius 3 is 3.12 bits per heavy atom. The number of amides is 1. The molecule has 5 nitrogen and oxygen atoms in total. The Morgan fingerprint density at radius 2 is 2.50 bits per heavy atom. The molecule has 0 radical (unpaired) electrons. The van der Waals surface area contributed by atoms with Crippen molar-refractivity contribution in [1.82, 2.24) is 15.1 Å². The van der Waals surface area contributed by atoms with Gasteiger partial charge in [0.25, 0.3) is 5.91 Å². The van der Waals surface area contributed by atoms with Gasteiger partial charge in [0.1, 0.15) is 0 Å². The highest BCUT2D eigenvalue weighted by atomic mass is 79.9. The fraction of sp³-hybridized carbons (Fsp3) is 0.200. The summed E-state index contributed by atoms with van der Waals surface area (Å²) in [4.78, 5) is 11.5. The molecule has 0 saturated heterocycles. The summed E-state index contributed by atoms with van der Waals surface area (Å²) < 4.78 is 7.62. The Kier molecular flexibility index (Phi) is 3.40. The van der Waals surface area contributed by atoms with E-state index in [0.29, 0.717) is 18.8 Å². The van der Waals surface area contributed by atoms with Crippen LogP contribution in [-0.2, 0) is 6.54 Å². The lowest BCUT2D eigenvalue weighted by Gasteiger charge is -2.02. The molecule has 0 unspecified atom stereocenters. The number of nitrogens with zero attached hydrogens (tertiary/aromatic N) is 2. The van der Waals surface area contributed by atoms with Gasteiger partial charge in [0.05, 0.1) is 23.5 Å². The van der Waals surface area contributed by atoms with Gasteiger partial charge in [-0.1, -0.05) is 0 Å². The van der Waals surface area contributed by atoms with Crippen LogP contribution in [0.25, 0.3) is 0 Å². The number of hydrogen-bond acceptors (Lipinski definition) is 3. The molecule has 2 heterocycles. The molecular formula is C10H10BrN3O2. The van der Waals surface area contributed by atoms with Gasteiger partial charge < -0.3 is 9.73 Å². The number of carbonyl (C=O) groups excluding carboxylic acids is 1. The smallest absolute Gasteiger partial charge is 0.287 e. The third kappa shape index (κ3) is 2.73. The standard InChI is InChI=1S/C10H10BrN3O2/c11-8-6-13-14(7-8)4-3-12-10(15)9-2-1-5-16-9/h1-2,5-7H,3-4H2,(H,12,15). The summed E-state index contributed by atoms with van der Waals surface area (Å²) in [6.07, 6.45) is 5.02. The van der Waals surface area contributed by atoms with Crippen LogP contribution in [0.15, 0.2) is 39.7 Å². The molecule has 1 N–H and O–H groups in total. The first-order valence-electron chi connectivity index (χ1n) is 4.75. The normalized spacial score (nSPS) is 10.3. The molecule has 2 aromatic heterocycles. The monoisotopic (exact) mass is 283 g/mol. The van der Waals surface area contributed by atoms with E-state index in [1.165, 1.54) is 6.26 Å². The molecule has 2 rings (SSSR count). The molecule has 0 aliphatic rings. The van der Waals surface area contributed by atoms with E-state index >= 15 is 0 Å². The van der Waals surface area contributed by atoms with Crippen molar-refractivity contribution >= 4 is 21.8 Å². The Hall–Kier alpha value is -1.56. The number of aromatic nitrogens is 2. The molecule has 2 aromatic rings. The van der Waals surface area contributed by atoms with Crippen LogP contribution in [0.2, 0.25) is 0 Å². The van der Waals surface area contributed by atoms with Crippen molar-refractivity contribution in [3.05, 3.63) is 41.0 Å². The number of halogens is 1. The van der Waals surface area contributed by atoms with E-state index < -0.39 is 0 Å². The van der Waals surface area contributed by atoms with Crippen molar-refractivity contribution in [2.45, 2.75) is 6.54 Å². The Bertz CT molecular complexity index is 464. The van der Waals surface area contributed by atoms with Gasteiger partial charge in [-0.05, 0) is 28.1 Å². The summed E-state index contributed by atoms with van der Waals surface area (Å²) in [6, 6.07) is 3.30. The second-order valence-electron chi connectivity index (χ2n) is 3.15. The van der Waals surface area contributed by atoms with Gasteiger partial charge in [-0.25, -0.2) is 0 Å². The summed E-state index contributed by atoms with van der Waals surface area (Å²) in [5, 5.41) is 6.80. The van der Waals surface area contributed by atoms with E-state index in [9.17, 15) is 4.79 Å². The predicted octanol–water partition coefficient (Wildman–Crippen LogP) is 1.67. The molecule has 0 saturated carbocycles. The molecule has 0 aromatic carbocycles. The number of carbonyl (C=O) groups is 1. The van der Waals surface area contributed by atoms with Gasteiger partial charge in [0, 0.05) is 12.7 Å². The molecular weight excluding hydrogens is 274 g/mol. The van der Waals surface area contributed by atoms with Crippen LogP contribution in [0.1, 0.15) is 10.6 Å². The van der Waals surface area contributed by atoms with Crippen LogP contribution in [0, 0.1) is 0 Å². The second kappa shape index (κ2) is 4.98. The van der Waals surface area contributed by atoms with Crippen molar-refractivity contribution in [3.63, 3.8) is 0 Å². The maximum atomic E-state index is 11.5.